The molecule has 0 aliphatic carbocycles. The van der Waals surface area contributed by atoms with Crippen LogP contribution in [-0.2, 0) is 9.53 Å². The molecule has 0 aromatic heterocycles. The van der Waals surface area contributed by atoms with E-state index in [1.165, 1.54) is 0 Å². The quantitative estimate of drug-likeness (QED) is 0.762. The van der Waals surface area contributed by atoms with Gasteiger partial charge in [0.1, 0.15) is 6.10 Å². The Balaban J connectivity index is 2.26. The number of piperidine rings is 1. The van der Waals surface area contributed by atoms with Gasteiger partial charge in [-0.05, 0) is 40.0 Å². The first kappa shape index (κ1) is 15.4. The summed E-state index contributed by atoms with van der Waals surface area (Å²) < 4.78 is 5.81. The molecule has 1 fully saturated rings. The molecular formula is C14H28N2O2. The monoisotopic (exact) mass is 256 g/mol. The van der Waals surface area contributed by atoms with Crippen molar-refractivity contribution >= 4 is 5.91 Å². The lowest BCUT2D eigenvalue weighted by atomic mass is 10.0. The van der Waals surface area contributed by atoms with E-state index >= 15 is 0 Å². The molecule has 0 spiro atoms. The fourth-order valence-corrected chi connectivity index (χ4v) is 2.30. The number of hydrogen-bond acceptors (Lipinski definition) is 3. The first-order valence-corrected chi connectivity index (χ1v) is 7.22. The zero-order valence-electron chi connectivity index (χ0n) is 12.2. The lowest BCUT2D eigenvalue weighted by Gasteiger charge is -2.29. The van der Waals surface area contributed by atoms with Crippen molar-refractivity contribution in [2.24, 2.45) is 0 Å². The Hall–Kier alpha value is -0.610. The molecule has 1 heterocycles. The summed E-state index contributed by atoms with van der Waals surface area (Å²) in [7, 11) is 0. The maximum absolute atomic E-state index is 11.9. The van der Waals surface area contributed by atoms with Crippen molar-refractivity contribution < 1.29 is 9.53 Å². The molecule has 1 amide bonds. The number of ether oxygens (including phenoxy) is 1. The van der Waals surface area contributed by atoms with Gasteiger partial charge in [-0.25, -0.2) is 0 Å². The fraction of sp³-hybridized carbons (Fsp3) is 0.929. The van der Waals surface area contributed by atoms with E-state index in [1.54, 1.807) is 0 Å². The molecule has 1 rings (SSSR count). The average Bonchev–Trinajstić information content (AvgIpc) is 2.32. The maximum atomic E-state index is 11.9. The second-order valence-electron chi connectivity index (χ2n) is 5.49. The molecule has 4 unspecified atom stereocenters. The molecule has 0 aromatic carbocycles. The minimum absolute atomic E-state index is 0.00886. The van der Waals surface area contributed by atoms with E-state index in [0.717, 1.165) is 32.2 Å². The van der Waals surface area contributed by atoms with Gasteiger partial charge in [-0.15, -0.1) is 0 Å². The van der Waals surface area contributed by atoms with Crippen LogP contribution < -0.4 is 10.6 Å². The van der Waals surface area contributed by atoms with Crippen molar-refractivity contribution in [2.45, 2.75) is 77.7 Å². The Labute approximate surface area is 111 Å². The van der Waals surface area contributed by atoms with Gasteiger partial charge in [0.05, 0.1) is 6.10 Å². The first-order chi connectivity index (χ1) is 8.52. The highest BCUT2D eigenvalue weighted by Gasteiger charge is 2.23. The van der Waals surface area contributed by atoms with Gasteiger partial charge in [-0.3, -0.25) is 4.79 Å². The molecule has 4 heteroatoms. The summed E-state index contributed by atoms with van der Waals surface area (Å²) in [5, 5.41) is 6.38. The van der Waals surface area contributed by atoms with Crippen LogP contribution in [0.1, 0.15) is 53.4 Å². The van der Waals surface area contributed by atoms with E-state index in [2.05, 4.69) is 24.5 Å². The highest BCUT2D eigenvalue weighted by atomic mass is 16.5. The van der Waals surface area contributed by atoms with Gasteiger partial charge >= 0.3 is 0 Å². The lowest BCUT2D eigenvalue weighted by Crippen LogP contribution is -2.46. The number of amides is 1. The molecular weight excluding hydrogens is 228 g/mol. The summed E-state index contributed by atoms with van der Waals surface area (Å²) in [6.07, 6.45) is 4.07. The van der Waals surface area contributed by atoms with Crippen LogP contribution in [0.15, 0.2) is 0 Å². The van der Waals surface area contributed by atoms with E-state index in [-0.39, 0.29) is 24.2 Å². The zero-order chi connectivity index (χ0) is 13.5. The lowest BCUT2D eigenvalue weighted by molar-refractivity contribution is -0.136. The topological polar surface area (TPSA) is 50.4 Å². The standard InChI is InChI=1S/C14H28N2O2/c1-5-6-11(3)16-14(17)12(4)18-13-8-7-10(2)15-9-13/h10-13,15H,5-9H2,1-4H3,(H,16,17). The van der Waals surface area contributed by atoms with E-state index in [1.807, 2.05) is 13.8 Å². The minimum atomic E-state index is -0.357. The SMILES string of the molecule is CCCC(C)NC(=O)C(C)OC1CCC(C)NC1. The highest BCUT2D eigenvalue weighted by Crippen LogP contribution is 2.12. The number of carbonyl (C=O) groups excluding carboxylic acids is 1. The number of nitrogens with one attached hydrogen (secondary N) is 2. The Morgan fingerprint density at radius 1 is 1.44 bits per heavy atom. The van der Waals surface area contributed by atoms with Crippen LogP contribution in [0.4, 0.5) is 0 Å². The summed E-state index contributed by atoms with van der Waals surface area (Å²) in [4.78, 5) is 11.9. The van der Waals surface area contributed by atoms with Gasteiger partial charge in [0.2, 0.25) is 5.91 Å². The van der Waals surface area contributed by atoms with Crippen LogP contribution in [-0.4, -0.2) is 36.7 Å². The molecule has 1 saturated heterocycles. The van der Waals surface area contributed by atoms with Crippen molar-refractivity contribution in [2.75, 3.05) is 6.54 Å². The van der Waals surface area contributed by atoms with Crippen molar-refractivity contribution in [3.63, 3.8) is 0 Å². The van der Waals surface area contributed by atoms with Crippen LogP contribution in [0, 0.1) is 0 Å². The molecule has 1 aliphatic rings. The van der Waals surface area contributed by atoms with Gasteiger partial charge < -0.3 is 15.4 Å². The maximum Gasteiger partial charge on any atom is 0.249 e. The first-order valence-electron chi connectivity index (χ1n) is 7.22. The normalized spacial score (nSPS) is 27.6. The number of carbonyl (C=O) groups is 1. The molecule has 0 aromatic rings. The second kappa shape index (κ2) is 7.74. The largest absolute Gasteiger partial charge is 0.364 e. The Morgan fingerprint density at radius 3 is 2.72 bits per heavy atom. The molecule has 2 N–H and O–H groups in total. The molecule has 0 bridgehead atoms. The molecule has 4 nitrogen and oxygen atoms in total. The van der Waals surface area contributed by atoms with Crippen LogP contribution in [0.3, 0.4) is 0 Å². The van der Waals surface area contributed by atoms with Crippen LogP contribution in [0.5, 0.6) is 0 Å². The van der Waals surface area contributed by atoms with Crippen molar-refractivity contribution in [3.8, 4) is 0 Å². The molecule has 1 aliphatic heterocycles. The average molecular weight is 256 g/mol. The van der Waals surface area contributed by atoms with Crippen molar-refractivity contribution in [1.29, 1.82) is 0 Å². The van der Waals surface area contributed by atoms with Gasteiger partial charge in [0.25, 0.3) is 0 Å². The molecule has 18 heavy (non-hydrogen) atoms. The Morgan fingerprint density at radius 2 is 2.17 bits per heavy atom. The van der Waals surface area contributed by atoms with Crippen molar-refractivity contribution in [3.05, 3.63) is 0 Å². The van der Waals surface area contributed by atoms with E-state index in [4.69, 9.17) is 4.74 Å². The summed E-state index contributed by atoms with van der Waals surface area (Å²) in [5.74, 6) is 0.00886. The van der Waals surface area contributed by atoms with Gasteiger partial charge in [-0.2, -0.15) is 0 Å². The third-order valence-corrected chi connectivity index (χ3v) is 3.49. The molecule has 0 saturated carbocycles. The smallest absolute Gasteiger partial charge is 0.249 e. The van der Waals surface area contributed by atoms with Gasteiger partial charge in [0.15, 0.2) is 0 Å². The van der Waals surface area contributed by atoms with E-state index in [9.17, 15) is 4.79 Å². The molecule has 4 atom stereocenters. The Kier molecular flexibility index (Phi) is 6.65. The summed E-state index contributed by atoms with van der Waals surface area (Å²) in [6, 6.07) is 0.802. The summed E-state index contributed by atoms with van der Waals surface area (Å²) in [5.41, 5.74) is 0. The fourth-order valence-electron chi connectivity index (χ4n) is 2.30. The van der Waals surface area contributed by atoms with Crippen LogP contribution in [0.25, 0.3) is 0 Å². The minimum Gasteiger partial charge on any atom is -0.364 e. The van der Waals surface area contributed by atoms with E-state index < -0.39 is 0 Å². The van der Waals surface area contributed by atoms with Gasteiger partial charge in [0, 0.05) is 18.6 Å². The molecule has 0 radical (unpaired) electrons. The van der Waals surface area contributed by atoms with Gasteiger partial charge in [-0.1, -0.05) is 13.3 Å². The summed E-state index contributed by atoms with van der Waals surface area (Å²) in [6.45, 7) is 9.03. The number of hydrogen-bond donors (Lipinski definition) is 2. The van der Waals surface area contributed by atoms with E-state index in [0.29, 0.717) is 6.04 Å². The zero-order valence-corrected chi connectivity index (χ0v) is 12.2. The predicted molar refractivity (Wildman–Crippen MR) is 73.5 cm³/mol. The Bertz CT molecular complexity index is 250. The van der Waals surface area contributed by atoms with Crippen molar-refractivity contribution in [1.82, 2.24) is 10.6 Å². The molecule has 106 valence electrons. The highest BCUT2D eigenvalue weighted by molar-refractivity contribution is 5.80. The van der Waals surface area contributed by atoms with Crippen LogP contribution >= 0.6 is 0 Å². The second-order valence-corrected chi connectivity index (χ2v) is 5.49. The predicted octanol–water partition coefficient (Wildman–Crippen LogP) is 1.84. The third kappa shape index (κ3) is 5.36. The number of rotatable bonds is 6. The summed E-state index contributed by atoms with van der Waals surface area (Å²) >= 11 is 0. The van der Waals surface area contributed by atoms with Crippen LogP contribution in [0.2, 0.25) is 0 Å². The third-order valence-electron chi connectivity index (χ3n) is 3.49.